The van der Waals surface area contributed by atoms with E-state index in [0.717, 1.165) is 16.8 Å². The lowest BCUT2D eigenvalue weighted by Gasteiger charge is -2.20. The summed E-state index contributed by atoms with van der Waals surface area (Å²) in [5.74, 6) is -0.0496. The van der Waals surface area contributed by atoms with Gasteiger partial charge in [-0.1, -0.05) is 35.9 Å². The lowest BCUT2D eigenvalue weighted by Crippen LogP contribution is -2.39. The molecule has 2 atom stereocenters. The fourth-order valence-corrected chi connectivity index (χ4v) is 2.40. The number of nitrogens with one attached hydrogen (secondary N) is 2. The summed E-state index contributed by atoms with van der Waals surface area (Å²) < 4.78 is 0. The lowest BCUT2D eigenvalue weighted by atomic mass is 10.1. The minimum Gasteiger partial charge on any atom is -0.325 e. The van der Waals surface area contributed by atoms with E-state index in [2.05, 4.69) is 10.6 Å². The molecule has 2 rings (SSSR count). The van der Waals surface area contributed by atoms with E-state index >= 15 is 0 Å². The van der Waals surface area contributed by atoms with Gasteiger partial charge in [-0.05, 0) is 56.2 Å². The van der Waals surface area contributed by atoms with E-state index in [9.17, 15) is 4.79 Å². The molecule has 0 aromatic heterocycles. The van der Waals surface area contributed by atoms with Crippen molar-refractivity contribution in [2.24, 2.45) is 0 Å². The van der Waals surface area contributed by atoms with E-state index in [0.29, 0.717) is 5.02 Å². The standard InChI is InChI=1S/C18H21ClN2O/c1-12-5-4-6-17(11-12)21-18(22)14(3)20-13(2)15-7-9-16(19)10-8-15/h4-11,13-14,20H,1-3H3,(H,21,22)/t13-,14+/m0/s1. The van der Waals surface area contributed by atoms with Gasteiger partial charge in [-0.15, -0.1) is 0 Å². The molecule has 0 saturated carbocycles. The highest BCUT2D eigenvalue weighted by molar-refractivity contribution is 6.30. The Bertz CT molecular complexity index is 640. The summed E-state index contributed by atoms with van der Waals surface area (Å²) in [6, 6.07) is 15.2. The van der Waals surface area contributed by atoms with Crippen LogP contribution in [0.1, 0.15) is 31.0 Å². The zero-order valence-electron chi connectivity index (χ0n) is 13.1. The van der Waals surface area contributed by atoms with Gasteiger partial charge in [0.25, 0.3) is 0 Å². The van der Waals surface area contributed by atoms with Gasteiger partial charge in [-0.25, -0.2) is 0 Å². The Labute approximate surface area is 136 Å². The Morgan fingerprint density at radius 1 is 1.09 bits per heavy atom. The van der Waals surface area contributed by atoms with Crippen LogP contribution in [0.5, 0.6) is 0 Å². The molecule has 0 aliphatic heterocycles. The minimum absolute atomic E-state index is 0.0496. The van der Waals surface area contributed by atoms with Gasteiger partial charge in [0.1, 0.15) is 0 Å². The van der Waals surface area contributed by atoms with Crippen molar-refractivity contribution in [3.8, 4) is 0 Å². The first-order valence-electron chi connectivity index (χ1n) is 7.35. The fourth-order valence-electron chi connectivity index (χ4n) is 2.27. The van der Waals surface area contributed by atoms with Crippen molar-refractivity contribution in [3.05, 3.63) is 64.7 Å². The quantitative estimate of drug-likeness (QED) is 0.862. The Hall–Kier alpha value is -1.84. The highest BCUT2D eigenvalue weighted by Gasteiger charge is 2.16. The maximum atomic E-state index is 12.2. The summed E-state index contributed by atoms with van der Waals surface area (Å²) in [5, 5.41) is 6.93. The number of halogens is 1. The first-order valence-corrected chi connectivity index (χ1v) is 7.72. The number of carbonyl (C=O) groups excluding carboxylic acids is 1. The van der Waals surface area contributed by atoms with Crippen molar-refractivity contribution in [2.45, 2.75) is 32.9 Å². The van der Waals surface area contributed by atoms with Crippen LogP contribution in [0.4, 0.5) is 5.69 Å². The van der Waals surface area contributed by atoms with Crippen LogP contribution in [0.25, 0.3) is 0 Å². The molecule has 0 heterocycles. The van der Waals surface area contributed by atoms with Crippen molar-refractivity contribution in [1.82, 2.24) is 5.32 Å². The summed E-state index contributed by atoms with van der Waals surface area (Å²) in [7, 11) is 0. The van der Waals surface area contributed by atoms with Gasteiger partial charge in [0.2, 0.25) is 5.91 Å². The molecular formula is C18H21ClN2O. The molecule has 0 unspecified atom stereocenters. The molecule has 0 fully saturated rings. The third kappa shape index (κ3) is 4.58. The molecule has 2 N–H and O–H groups in total. The van der Waals surface area contributed by atoms with Crippen LogP contribution in [0.3, 0.4) is 0 Å². The molecule has 3 nitrogen and oxygen atoms in total. The summed E-state index contributed by atoms with van der Waals surface area (Å²) in [5.41, 5.74) is 3.03. The summed E-state index contributed by atoms with van der Waals surface area (Å²) in [6.07, 6.45) is 0. The van der Waals surface area contributed by atoms with Crippen LogP contribution >= 0.6 is 11.6 Å². The second-order valence-corrected chi connectivity index (χ2v) is 5.96. The molecule has 4 heteroatoms. The molecule has 22 heavy (non-hydrogen) atoms. The fraction of sp³-hybridized carbons (Fsp3) is 0.278. The number of amides is 1. The minimum atomic E-state index is -0.300. The van der Waals surface area contributed by atoms with Crippen molar-refractivity contribution >= 4 is 23.2 Å². The van der Waals surface area contributed by atoms with Crippen molar-refractivity contribution in [3.63, 3.8) is 0 Å². The largest absolute Gasteiger partial charge is 0.325 e. The van der Waals surface area contributed by atoms with Crippen LogP contribution < -0.4 is 10.6 Å². The van der Waals surface area contributed by atoms with Crippen molar-refractivity contribution in [1.29, 1.82) is 0 Å². The summed E-state index contributed by atoms with van der Waals surface area (Å²) >= 11 is 5.89. The number of benzene rings is 2. The first kappa shape index (κ1) is 16.5. The highest BCUT2D eigenvalue weighted by Crippen LogP contribution is 2.17. The van der Waals surface area contributed by atoms with Crippen LogP contribution in [-0.2, 0) is 4.79 Å². The third-order valence-corrected chi connectivity index (χ3v) is 3.80. The Morgan fingerprint density at radius 3 is 2.41 bits per heavy atom. The van der Waals surface area contributed by atoms with Crippen LogP contribution in [0.2, 0.25) is 5.02 Å². The Morgan fingerprint density at radius 2 is 1.77 bits per heavy atom. The number of hydrogen-bond acceptors (Lipinski definition) is 2. The van der Waals surface area contributed by atoms with Gasteiger partial charge in [0.15, 0.2) is 0 Å². The Kier molecular flexibility index (Phi) is 5.58. The number of rotatable bonds is 5. The molecule has 0 aliphatic carbocycles. The first-order chi connectivity index (χ1) is 10.5. The smallest absolute Gasteiger partial charge is 0.241 e. The molecule has 0 saturated heterocycles. The number of hydrogen-bond donors (Lipinski definition) is 2. The predicted molar refractivity (Wildman–Crippen MR) is 92.3 cm³/mol. The van der Waals surface area contributed by atoms with Gasteiger partial charge in [-0.2, -0.15) is 0 Å². The predicted octanol–water partition coefficient (Wildman–Crippen LogP) is 4.33. The maximum absolute atomic E-state index is 12.2. The van der Waals surface area contributed by atoms with E-state index in [4.69, 9.17) is 11.6 Å². The van der Waals surface area contributed by atoms with Crippen LogP contribution in [0, 0.1) is 6.92 Å². The molecule has 0 bridgehead atoms. The number of aryl methyl sites for hydroxylation is 1. The van der Waals surface area contributed by atoms with Gasteiger partial charge in [0, 0.05) is 16.8 Å². The average molecular weight is 317 g/mol. The molecule has 0 aliphatic rings. The van der Waals surface area contributed by atoms with Crippen molar-refractivity contribution in [2.75, 3.05) is 5.32 Å². The summed E-state index contributed by atoms with van der Waals surface area (Å²) in [4.78, 5) is 12.2. The van der Waals surface area contributed by atoms with Crippen LogP contribution in [0.15, 0.2) is 48.5 Å². The second-order valence-electron chi connectivity index (χ2n) is 5.52. The van der Waals surface area contributed by atoms with Gasteiger partial charge >= 0.3 is 0 Å². The molecule has 0 spiro atoms. The summed E-state index contributed by atoms with van der Waals surface area (Å²) in [6.45, 7) is 5.89. The molecule has 0 radical (unpaired) electrons. The van der Waals surface area contributed by atoms with E-state index in [1.165, 1.54) is 0 Å². The zero-order valence-corrected chi connectivity index (χ0v) is 13.8. The zero-order chi connectivity index (χ0) is 16.1. The molecular weight excluding hydrogens is 296 g/mol. The van der Waals surface area contributed by atoms with E-state index < -0.39 is 0 Å². The van der Waals surface area contributed by atoms with Gasteiger partial charge < -0.3 is 5.32 Å². The lowest BCUT2D eigenvalue weighted by molar-refractivity contribution is -0.117. The SMILES string of the molecule is Cc1cccc(NC(=O)[C@@H](C)N[C@@H](C)c2ccc(Cl)cc2)c1. The van der Waals surface area contributed by atoms with Gasteiger partial charge in [-0.3, -0.25) is 10.1 Å². The molecule has 116 valence electrons. The van der Waals surface area contributed by atoms with E-state index in [1.54, 1.807) is 0 Å². The normalized spacial score (nSPS) is 13.5. The topological polar surface area (TPSA) is 41.1 Å². The van der Waals surface area contributed by atoms with E-state index in [-0.39, 0.29) is 18.0 Å². The maximum Gasteiger partial charge on any atom is 0.241 e. The monoisotopic (exact) mass is 316 g/mol. The van der Waals surface area contributed by atoms with Crippen molar-refractivity contribution < 1.29 is 4.79 Å². The molecule has 2 aromatic rings. The van der Waals surface area contributed by atoms with Crippen LogP contribution in [-0.4, -0.2) is 11.9 Å². The average Bonchev–Trinajstić information content (AvgIpc) is 2.47. The highest BCUT2D eigenvalue weighted by atomic mass is 35.5. The number of anilines is 1. The second kappa shape index (κ2) is 7.43. The Balaban J connectivity index is 1.94. The van der Waals surface area contributed by atoms with E-state index in [1.807, 2.05) is 69.3 Å². The molecule has 2 aromatic carbocycles. The third-order valence-electron chi connectivity index (χ3n) is 3.55. The number of carbonyl (C=O) groups is 1. The van der Waals surface area contributed by atoms with Gasteiger partial charge in [0.05, 0.1) is 6.04 Å². The molecule has 1 amide bonds.